The SMILES string of the molecule is C[C@H](C(=O)N1CCO[C@@](C)(c2cnn(C)c2)C1)[C@@H](N)c1ccccc1. The highest BCUT2D eigenvalue weighted by Crippen LogP contribution is 2.31. The zero-order chi connectivity index (χ0) is 18.0. The molecule has 1 aromatic carbocycles. The molecule has 0 saturated carbocycles. The molecule has 134 valence electrons. The van der Waals surface area contributed by atoms with E-state index in [1.165, 1.54) is 0 Å². The minimum absolute atomic E-state index is 0.0646. The van der Waals surface area contributed by atoms with Gasteiger partial charge in [0.05, 0.1) is 25.3 Å². The molecule has 3 rings (SSSR count). The summed E-state index contributed by atoms with van der Waals surface area (Å²) in [6.45, 7) is 5.50. The molecule has 0 bridgehead atoms. The zero-order valence-electron chi connectivity index (χ0n) is 15.1. The van der Waals surface area contributed by atoms with Gasteiger partial charge in [-0.3, -0.25) is 9.48 Å². The van der Waals surface area contributed by atoms with Gasteiger partial charge < -0.3 is 15.4 Å². The molecule has 2 heterocycles. The van der Waals surface area contributed by atoms with Gasteiger partial charge in [0.2, 0.25) is 5.91 Å². The van der Waals surface area contributed by atoms with Crippen LogP contribution in [0.25, 0.3) is 0 Å². The molecular weight excluding hydrogens is 316 g/mol. The van der Waals surface area contributed by atoms with E-state index in [4.69, 9.17) is 10.5 Å². The number of benzene rings is 1. The average molecular weight is 342 g/mol. The van der Waals surface area contributed by atoms with Gasteiger partial charge >= 0.3 is 0 Å². The summed E-state index contributed by atoms with van der Waals surface area (Å²) in [4.78, 5) is 14.9. The van der Waals surface area contributed by atoms with E-state index in [1.807, 2.05) is 62.3 Å². The Hall–Kier alpha value is -2.18. The number of amides is 1. The van der Waals surface area contributed by atoms with E-state index in [0.29, 0.717) is 19.7 Å². The topological polar surface area (TPSA) is 73.4 Å². The van der Waals surface area contributed by atoms with E-state index in [1.54, 1.807) is 10.9 Å². The maximum Gasteiger partial charge on any atom is 0.227 e. The van der Waals surface area contributed by atoms with Gasteiger partial charge in [0.15, 0.2) is 0 Å². The lowest BCUT2D eigenvalue weighted by molar-refractivity contribution is -0.153. The fourth-order valence-corrected chi connectivity index (χ4v) is 3.33. The Kier molecular flexibility index (Phi) is 4.92. The highest BCUT2D eigenvalue weighted by molar-refractivity contribution is 5.79. The van der Waals surface area contributed by atoms with E-state index in [0.717, 1.165) is 11.1 Å². The van der Waals surface area contributed by atoms with Gasteiger partial charge in [-0.05, 0) is 12.5 Å². The molecule has 1 aliphatic rings. The molecule has 2 aromatic rings. The van der Waals surface area contributed by atoms with Crippen LogP contribution in [0.15, 0.2) is 42.7 Å². The van der Waals surface area contributed by atoms with E-state index in [-0.39, 0.29) is 17.9 Å². The van der Waals surface area contributed by atoms with Crippen LogP contribution in [-0.4, -0.2) is 40.3 Å². The van der Waals surface area contributed by atoms with Crippen LogP contribution in [0.1, 0.15) is 31.0 Å². The van der Waals surface area contributed by atoms with Crippen molar-refractivity contribution in [1.29, 1.82) is 0 Å². The number of carbonyl (C=O) groups excluding carboxylic acids is 1. The van der Waals surface area contributed by atoms with Crippen molar-refractivity contribution in [2.45, 2.75) is 25.5 Å². The number of aryl methyl sites for hydroxylation is 1. The molecule has 1 saturated heterocycles. The van der Waals surface area contributed by atoms with Crippen molar-refractivity contribution in [2.24, 2.45) is 18.7 Å². The van der Waals surface area contributed by atoms with Crippen LogP contribution in [0.3, 0.4) is 0 Å². The van der Waals surface area contributed by atoms with Crippen LogP contribution >= 0.6 is 0 Å². The summed E-state index contributed by atoms with van der Waals surface area (Å²) < 4.78 is 7.74. The second-order valence-electron chi connectivity index (χ2n) is 6.97. The third kappa shape index (κ3) is 3.60. The Morgan fingerprint density at radius 2 is 2.08 bits per heavy atom. The van der Waals surface area contributed by atoms with Crippen molar-refractivity contribution >= 4 is 5.91 Å². The predicted molar refractivity (Wildman–Crippen MR) is 95.6 cm³/mol. The normalized spacial score (nSPS) is 23.3. The minimum Gasteiger partial charge on any atom is -0.367 e. The van der Waals surface area contributed by atoms with Gasteiger partial charge in [-0.2, -0.15) is 5.10 Å². The Bertz CT molecular complexity index is 730. The smallest absolute Gasteiger partial charge is 0.227 e. The number of rotatable bonds is 4. The van der Waals surface area contributed by atoms with Crippen molar-refractivity contribution in [3.63, 3.8) is 0 Å². The first kappa shape index (κ1) is 17.6. The van der Waals surface area contributed by atoms with Crippen LogP contribution in [0.4, 0.5) is 0 Å². The summed E-state index contributed by atoms with van der Waals surface area (Å²) in [6.07, 6.45) is 3.74. The monoisotopic (exact) mass is 342 g/mol. The molecule has 3 atom stereocenters. The highest BCUT2D eigenvalue weighted by atomic mass is 16.5. The zero-order valence-corrected chi connectivity index (χ0v) is 15.1. The van der Waals surface area contributed by atoms with Crippen LogP contribution in [-0.2, 0) is 22.2 Å². The van der Waals surface area contributed by atoms with E-state index < -0.39 is 5.60 Å². The molecule has 0 spiro atoms. The summed E-state index contributed by atoms with van der Waals surface area (Å²) in [7, 11) is 1.87. The van der Waals surface area contributed by atoms with Crippen LogP contribution in [0.5, 0.6) is 0 Å². The van der Waals surface area contributed by atoms with Gasteiger partial charge in [0.1, 0.15) is 5.60 Å². The quantitative estimate of drug-likeness (QED) is 0.920. The Labute approximate surface area is 148 Å². The highest BCUT2D eigenvalue weighted by Gasteiger charge is 2.38. The summed E-state index contributed by atoms with van der Waals surface area (Å²) in [5.41, 5.74) is 7.75. The van der Waals surface area contributed by atoms with Gasteiger partial charge in [-0.25, -0.2) is 0 Å². The molecule has 1 aliphatic heterocycles. The molecule has 2 N–H and O–H groups in total. The third-order valence-electron chi connectivity index (χ3n) is 5.01. The Morgan fingerprint density at radius 1 is 1.36 bits per heavy atom. The summed E-state index contributed by atoms with van der Waals surface area (Å²) in [5, 5.41) is 4.22. The average Bonchev–Trinajstić information content (AvgIpc) is 3.08. The number of ether oxygens (including phenoxy) is 1. The number of nitrogens with zero attached hydrogens (tertiary/aromatic N) is 3. The second-order valence-corrected chi connectivity index (χ2v) is 6.97. The molecule has 6 heteroatoms. The molecule has 1 aromatic heterocycles. The molecule has 0 radical (unpaired) electrons. The van der Waals surface area contributed by atoms with Crippen LogP contribution < -0.4 is 5.73 Å². The summed E-state index contributed by atoms with van der Waals surface area (Å²) in [6, 6.07) is 9.45. The first-order valence-corrected chi connectivity index (χ1v) is 8.63. The molecule has 6 nitrogen and oxygen atoms in total. The molecule has 0 aliphatic carbocycles. The standard InChI is InChI=1S/C19H26N4O2/c1-14(17(20)15-7-5-4-6-8-15)18(24)23-9-10-25-19(2,13-23)16-11-21-22(3)12-16/h4-8,11-12,14,17H,9-10,13,20H2,1-3H3/t14-,17+,19+/m0/s1. The molecule has 1 amide bonds. The van der Waals surface area contributed by atoms with Crippen molar-refractivity contribution in [2.75, 3.05) is 19.7 Å². The summed E-state index contributed by atoms with van der Waals surface area (Å²) >= 11 is 0. The molecule has 1 fully saturated rings. The van der Waals surface area contributed by atoms with Crippen molar-refractivity contribution in [3.05, 3.63) is 53.9 Å². The fourth-order valence-electron chi connectivity index (χ4n) is 3.33. The minimum atomic E-state index is -0.543. The van der Waals surface area contributed by atoms with Crippen LogP contribution in [0, 0.1) is 5.92 Å². The fraction of sp³-hybridized carbons (Fsp3) is 0.474. The Morgan fingerprint density at radius 3 is 2.72 bits per heavy atom. The van der Waals surface area contributed by atoms with Gasteiger partial charge in [-0.1, -0.05) is 37.3 Å². The lowest BCUT2D eigenvalue weighted by Crippen LogP contribution is -2.52. The maximum atomic E-state index is 13.0. The molecular formula is C19H26N4O2. The molecule has 0 unspecified atom stereocenters. The number of hydrogen-bond acceptors (Lipinski definition) is 4. The van der Waals surface area contributed by atoms with Gasteiger partial charge in [-0.15, -0.1) is 0 Å². The van der Waals surface area contributed by atoms with Crippen molar-refractivity contribution in [3.8, 4) is 0 Å². The summed E-state index contributed by atoms with van der Waals surface area (Å²) in [5.74, 6) is -0.228. The number of carbonyl (C=O) groups is 1. The predicted octanol–water partition coefficient (Wildman–Crippen LogP) is 1.83. The number of aromatic nitrogens is 2. The van der Waals surface area contributed by atoms with E-state index >= 15 is 0 Å². The van der Waals surface area contributed by atoms with Crippen LogP contribution in [0.2, 0.25) is 0 Å². The van der Waals surface area contributed by atoms with Crippen molar-refractivity contribution < 1.29 is 9.53 Å². The number of nitrogens with two attached hydrogens (primary N) is 1. The lowest BCUT2D eigenvalue weighted by Gasteiger charge is -2.41. The van der Waals surface area contributed by atoms with Gasteiger partial charge in [0, 0.05) is 31.4 Å². The van der Waals surface area contributed by atoms with E-state index in [9.17, 15) is 4.79 Å². The first-order valence-electron chi connectivity index (χ1n) is 8.63. The number of hydrogen-bond donors (Lipinski definition) is 1. The first-order chi connectivity index (χ1) is 11.9. The van der Waals surface area contributed by atoms with Gasteiger partial charge in [0.25, 0.3) is 0 Å². The number of morpholine rings is 1. The lowest BCUT2D eigenvalue weighted by atomic mass is 9.92. The third-order valence-corrected chi connectivity index (χ3v) is 5.01. The Balaban J connectivity index is 1.73. The second kappa shape index (κ2) is 6.98. The van der Waals surface area contributed by atoms with Crippen molar-refractivity contribution in [1.82, 2.24) is 14.7 Å². The largest absolute Gasteiger partial charge is 0.367 e. The molecule has 25 heavy (non-hydrogen) atoms. The maximum absolute atomic E-state index is 13.0. The van der Waals surface area contributed by atoms with E-state index in [2.05, 4.69) is 5.10 Å².